The van der Waals surface area contributed by atoms with Crippen molar-refractivity contribution >= 4 is 5.91 Å². The van der Waals surface area contributed by atoms with Crippen molar-refractivity contribution in [1.29, 1.82) is 0 Å². The van der Waals surface area contributed by atoms with E-state index in [1.165, 1.54) is 0 Å². The Kier molecular flexibility index (Phi) is 3.50. The summed E-state index contributed by atoms with van der Waals surface area (Å²) in [4.78, 5) is 13.6. The minimum Gasteiger partial charge on any atom is -0.368 e. The smallest absolute Gasteiger partial charge is 0.239 e. The van der Waals surface area contributed by atoms with Crippen LogP contribution in [0.15, 0.2) is 0 Å². The Bertz CT molecular complexity index is 215. The standard InChI is InChI=1S/C10H21N3O/c1-4-13(3)7-10(12-2,9(11)14)8-5-6-8/h8,12H,4-7H2,1-3H3,(H2,11,14). The van der Waals surface area contributed by atoms with Gasteiger partial charge >= 0.3 is 0 Å². The highest BCUT2D eigenvalue weighted by atomic mass is 16.1. The van der Waals surface area contributed by atoms with Crippen LogP contribution in [0, 0.1) is 5.92 Å². The van der Waals surface area contributed by atoms with E-state index in [1.807, 2.05) is 14.1 Å². The van der Waals surface area contributed by atoms with Crippen LogP contribution < -0.4 is 11.1 Å². The number of nitrogens with zero attached hydrogens (tertiary/aromatic N) is 1. The summed E-state index contributed by atoms with van der Waals surface area (Å²) in [5, 5.41) is 3.13. The average molecular weight is 199 g/mol. The highest BCUT2D eigenvalue weighted by Crippen LogP contribution is 2.39. The Hall–Kier alpha value is -0.610. The highest BCUT2D eigenvalue weighted by molar-refractivity contribution is 5.85. The van der Waals surface area contributed by atoms with Crippen molar-refractivity contribution in [3.63, 3.8) is 0 Å². The van der Waals surface area contributed by atoms with Crippen LogP contribution in [-0.4, -0.2) is 43.5 Å². The number of nitrogens with one attached hydrogen (secondary N) is 1. The Morgan fingerprint density at radius 2 is 2.21 bits per heavy atom. The van der Waals surface area contributed by atoms with E-state index in [0.29, 0.717) is 12.5 Å². The van der Waals surface area contributed by atoms with Crippen molar-refractivity contribution in [2.75, 3.05) is 27.2 Å². The lowest BCUT2D eigenvalue weighted by atomic mass is 9.92. The predicted molar refractivity (Wildman–Crippen MR) is 56.9 cm³/mol. The molecule has 0 aliphatic heterocycles. The summed E-state index contributed by atoms with van der Waals surface area (Å²) < 4.78 is 0. The Morgan fingerprint density at radius 3 is 2.50 bits per heavy atom. The lowest BCUT2D eigenvalue weighted by Gasteiger charge is -2.34. The molecule has 14 heavy (non-hydrogen) atoms. The molecule has 1 rings (SSSR count). The average Bonchev–Trinajstić information content (AvgIpc) is 2.96. The van der Waals surface area contributed by atoms with E-state index in [9.17, 15) is 4.79 Å². The van der Waals surface area contributed by atoms with Gasteiger partial charge in [0.1, 0.15) is 5.54 Å². The minimum absolute atomic E-state index is 0.220. The van der Waals surface area contributed by atoms with E-state index in [4.69, 9.17) is 5.73 Å². The van der Waals surface area contributed by atoms with Crippen molar-refractivity contribution in [3.8, 4) is 0 Å². The van der Waals surface area contributed by atoms with Gasteiger partial charge in [-0.05, 0) is 39.4 Å². The minimum atomic E-state index is -0.509. The molecule has 82 valence electrons. The molecule has 1 fully saturated rings. The summed E-state index contributed by atoms with van der Waals surface area (Å²) in [5.74, 6) is 0.210. The first kappa shape index (κ1) is 11.5. The number of primary amides is 1. The number of hydrogen-bond acceptors (Lipinski definition) is 3. The van der Waals surface area contributed by atoms with Gasteiger partial charge in [0, 0.05) is 6.54 Å². The molecular formula is C10H21N3O. The predicted octanol–water partition coefficient (Wildman–Crippen LogP) is -0.208. The number of nitrogens with two attached hydrogens (primary N) is 1. The summed E-state index contributed by atoms with van der Waals surface area (Å²) in [6.07, 6.45) is 2.22. The lowest BCUT2D eigenvalue weighted by Crippen LogP contribution is -2.61. The SMILES string of the molecule is CCN(C)CC(NC)(C(N)=O)C1CC1. The van der Waals surface area contributed by atoms with Gasteiger partial charge in [-0.15, -0.1) is 0 Å². The highest BCUT2D eigenvalue weighted by Gasteiger charge is 2.49. The zero-order chi connectivity index (χ0) is 10.8. The van der Waals surface area contributed by atoms with Gasteiger partial charge in [0.25, 0.3) is 0 Å². The van der Waals surface area contributed by atoms with Gasteiger partial charge in [-0.3, -0.25) is 4.79 Å². The van der Waals surface area contributed by atoms with Crippen molar-refractivity contribution in [2.45, 2.75) is 25.3 Å². The molecule has 0 aromatic rings. The third-order valence-corrected chi connectivity index (χ3v) is 3.22. The van der Waals surface area contributed by atoms with Gasteiger partial charge in [-0.1, -0.05) is 6.92 Å². The third kappa shape index (κ3) is 2.07. The molecule has 0 radical (unpaired) electrons. The Balaban J connectivity index is 2.73. The van der Waals surface area contributed by atoms with Gasteiger partial charge in [0.05, 0.1) is 0 Å². The molecule has 1 atom stereocenters. The topological polar surface area (TPSA) is 58.4 Å². The second kappa shape index (κ2) is 4.28. The van der Waals surface area contributed by atoms with E-state index < -0.39 is 5.54 Å². The van der Waals surface area contributed by atoms with Gasteiger partial charge in [-0.2, -0.15) is 0 Å². The van der Waals surface area contributed by atoms with Crippen LogP contribution in [0.2, 0.25) is 0 Å². The van der Waals surface area contributed by atoms with Crippen LogP contribution in [0.1, 0.15) is 19.8 Å². The zero-order valence-electron chi connectivity index (χ0n) is 9.34. The maximum atomic E-state index is 11.5. The quantitative estimate of drug-likeness (QED) is 0.622. The molecule has 4 heteroatoms. The van der Waals surface area contributed by atoms with Crippen LogP contribution in [0.3, 0.4) is 0 Å². The summed E-state index contributed by atoms with van der Waals surface area (Å²) >= 11 is 0. The van der Waals surface area contributed by atoms with E-state index >= 15 is 0 Å². The van der Waals surface area contributed by atoms with Crippen LogP contribution in [0.5, 0.6) is 0 Å². The largest absolute Gasteiger partial charge is 0.368 e. The number of hydrogen-bond donors (Lipinski definition) is 2. The number of amides is 1. The molecule has 0 bridgehead atoms. The van der Waals surface area contributed by atoms with Crippen LogP contribution in [0.4, 0.5) is 0 Å². The Labute approximate surface area is 85.8 Å². The number of rotatable bonds is 6. The summed E-state index contributed by atoms with van der Waals surface area (Å²) in [6.45, 7) is 3.72. The zero-order valence-corrected chi connectivity index (χ0v) is 9.34. The van der Waals surface area contributed by atoms with Crippen molar-refractivity contribution in [1.82, 2.24) is 10.2 Å². The summed E-state index contributed by atoms with van der Waals surface area (Å²) in [6, 6.07) is 0. The lowest BCUT2D eigenvalue weighted by molar-refractivity contribution is -0.125. The summed E-state index contributed by atoms with van der Waals surface area (Å²) in [5.41, 5.74) is 4.99. The molecule has 0 heterocycles. The fourth-order valence-electron chi connectivity index (χ4n) is 1.93. The van der Waals surface area contributed by atoms with E-state index in [-0.39, 0.29) is 5.91 Å². The van der Waals surface area contributed by atoms with Crippen molar-refractivity contribution < 1.29 is 4.79 Å². The van der Waals surface area contributed by atoms with Crippen molar-refractivity contribution in [3.05, 3.63) is 0 Å². The van der Waals surface area contributed by atoms with Gasteiger partial charge in [0.2, 0.25) is 5.91 Å². The third-order valence-electron chi connectivity index (χ3n) is 3.22. The maximum absolute atomic E-state index is 11.5. The molecule has 1 aliphatic carbocycles. The van der Waals surface area contributed by atoms with E-state index in [0.717, 1.165) is 19.4 Å². The molecule has 0 spiro atoms. The fourth-order valence-corrected chi connectivity index (χ4v) is 1.93. The second-order valence-corrected chi connectivity index (χ2v) is 4.19. The first-order valence-corrected chi connectivity index (χ1v) is 5.24. The molecule has 1 amide bonds. The van der Waals surface area contributed by atoms with Crippen molar-refractivity contribution in [2.24, 2.45) is 11.7 Å². The Morgan fingerprint density at radius 1 is 1.64 bits per heavy atom. The van der Waals surface area contributed by atoms with Gasteiger partial charge < -0.3 is 16.0 Å². The molecule has 1 saturated carbocycles. The van der Waals surface area contributed by atoms with E-state index in [1.54, 1.807) is 0 Å². The number of likely N-dealkylation sites (N-methyl/N-ethyl adjacent to an activating group) is 2. The molecule has 1 aliphatic rings. The summed E-state index contributed by atoms with van der Waals surface area (Å²) in [7, 11) is 3.84. The molecule has 4 nitrogen and oxygen atoms in total. The first-order chi connectivity index (χ1) is 6.56. The van der Waals surface area contributed by atoms with E-state index in [2.05, 4.69) is 17.1 Å². The second-order valence-electron chi connectivity index (χ2n) is 4.19. The molecule has 1 unspecified atom stereocenters. The fraction of sp³-hybridized carbons (Fsp3) is 0.900. The van der Waals surface area contributed by atoms with Crippen LogP contribution in [0.25, 0.3) is 0 Å². The normalized spacial score (nSPS) is 20.9. The van der Waals surface area contributed by atoms with Gasteiger partial charge in [0.15, 0.2) is 0 Å². The van der Waals surface area contributed by atoms with Crippen LogP contribution in [-0.2, 0) is 4.79 Å². The first-order valence-electron chi connectivity index (χ1n) is 5.24. The number of carbonyl (C=O) groups is 1. The number of carbonyl (C=O) groups excluding carboxylic acids is 1. The van der Waals surface area contributed by atoms with Crippen LogP contribution >= 0.6 is 0 Å². The monoisotopic (exact) mass is 199 g/mol. The maximum Gasteiger partial charge on any atom is 0.239 e. The molecule has 0 aromatic heterocycles. The van der Waals surface area contributed by atoms with Gasteiger partial charge in [-0.25, -0.2) is 0 Å². The molecular weight excluding hydrogens is 178 g/mol. The molecule has 0 saturated heterocycles. The molecule has 0 aromatic carbocycles. The molecule has 3 N–H and O–H groups in total.